The first-order valence-corrected chi connectivity index (χ1v) is 7.12. The molecule has 0 unspecified atom stereocenters. The fourth-order valence-corrected chi connectivity index (χ4v) is 2.94. The summed E-state index contributed by atoms with van der Waals surface area (Å²) in [5.74, 6) is 0. The van der Waals surface area contributed by atoms with Crippen molar-refractivity contribution in [3.63, 3.8) is 0 Å². The molecule has 0 spiro atoms. The molecule has 0 aromatic rings. The van der Waals surface area contributed by atoms with E-state index in [0.717, 1.165) is 19.4 Å². The first kappa shape index (κ1) is 14.9. The third-order valence-electron chi connectivity index (χ3n) is 4.48. The number of hydrogen-bond acceptors (Lipinski definition) is 3. The molecule has 3 nitrogen and oxygen atoms in total. The number of nitrogens with zero attached hydrogens (tertiary/aromatic N) is 1. The van der Waals surface area contributed by atoms with Crippen molar-refractivity contribution in [2.75, 3.05) is 27.2 Å². The second-order valence-electron chi connectivity index (χ2n) is 5.49. The van der Waals surface area contributed by atoms with Crippen LogP contribution in [-0.4, -0.2) is 43.8 Å². The van der Waals surface area contributed by atoms with Crippen LogP contribution in [0.15, 0.2) is 0 Å². The lowest BCUT2D eigenvalue weighted by molar-refractivity contribution is 0.00298. The van der Waals surface area contributed by atoms with Crippen LogP contribution in [0.4, 0.5) is 0 Å². The standard InChI is InChI=1S/C14H30N2O/c1-4-5-6-11-16(2)14(12-15)9-7-13(17-3)8-10-14/h13H,4-12,15H2,1-3H3. The molecule has 0 bridgehead atoms. The fraction of sp³-hybridized carbons (Fsp3) is 1.00. The van der Waals surface area contributed by atoms with Crippen LogP contribution in [0, 0.1) is 0 Å². The van der Waals surface area contributed by atoms with E-state index in [2.05, 4.69) is 18.9 Å². The summed E-state index contributed by atoms with van der Waals surface area (Å²) in [6.07, 6.45) is 9.05. The first-order valence-electron chi connectivity index (χ1n) is 7.12. The summed E-state index contributed by atoms with van der Waals surface area (Å²) in [6.45, 7) is 4.22. The molecule has 0 radical (unpaired) electrons. The number of hydrogen-bond donors (Lipinski definition) is 1. The second kappa shape index (κ2) is 7.34. The molecule has 0 aromatic carbocycles. The summed E-state index contributed by atoms with van der Waals surface area (Å²) in [7, 11) is 4.07. The van der Waals surface area contributed by atoms with E-state index in [1.165, 1.54) is 38.6 Å². The predicted molar refractivity (Wildman–Crippen MR) is 73.2 cm³/mol. The van der Waals surface area contributed by atoms with Gasteiger partial charge in [0.25, 0.3) is 0 Å². The Balaban J connectivity index is 2.45. The van der Waals surface area contributed by atoms with E-state index in [1.807, 2.05) is 7.11 Å². The third-order valence-corrected chi connectivity index (χ3v) is 4.48. The van der Waals surface area contributed by atoms with Crippen LogP contribution in [-0.2, 0) is 4.74 Å². The number of ether oxygens (including phenoxy) is 1. The van der Waals surface area contributed by atoms with Crippen molar-refractivity contribution in [2.45, 2.75) is 63.5 Å². The van der Waals surface area contributed by atoms with Gasteiger partial charge in [-0.05, 0) is 45.7 Å². The molecular formula is C14H30N2O. The molecule has 1 aliphatic rings. The molecule has 2 N–H and O–H groups in total. The van der Waals surface area contributed by atoms with Crippen LogP contribution in [0.3, 0.4) is 0 Å². The molecular weight excluding hydrogens is 212 g/mol. The highest BCUT2D eigenvalue weighted by Gasteiger charge is 2.37. The Morgan fingerprint density at radius 3 is 2.41 bits per heavy atom. The maximum Gasteiger partial charge on any atom is 0.0572 e. The molecule has 0 heterocycles. The Labute approximate surface area is 107 Å². The zero-order valence-corrected chi connectivity index (χ0v) is 11.9. The van der Waals surface area contributed by atoms with E-state index >= 15 is 0 Å². The summed E-state index contributed by atoms with van der Waals surface area (Å²) in [5, 5.41) is 0. The molecule has 102 valence electrons. The highest BCUT2D eigenvalue weighted by molar-refractivity contribution is 4.95. The van der Waals surface area contributed by atoms with Crippen LogP contribution >= 0.6 is 0 Å². The molecule has 3 heteroatoms. The van der Waals surface area contributed by atoms with Crippen molar-refractivity contribution in [3.8, 4) is 0 Å². The van der Waals surface area contributed by atoms with Gasteiger partial charge in [0, 0.05) is 19.2 Å². The molecule has 1 aliphatic carbocycles. The molecule has 1 fully saturated rings. The lowest BCUT2D eigenvalue weighted by Gasteiger charge is -2.45. The molecule has 0 aliphatic heterocycles. The summed E-state index contributed by atoms with van der Waals surface area (Å²) < 4.78 is 5.45. The van der Waals surface area contributed by atoms with E-state index in [1.54, 1.807) is 0 Å². The van der Waals surface area contributed by atoms with Gasteiger partial charge < -0.3 is 10.5 Å². The van der Waals surface area contributed by atoms with Crippen molar-refractivity contribution >= 4 is 0 Å². The molecule has 1 rings (SSSR count). The van der Waals surface area contributed by atoms with Gasteiger partial charge in [-0.2, -0.15) is 0 Å². The van der Waals surface area contributed by atoms with Crippen LogP contribution in [0.2, 0.25) is 0 Å². The van der Waals surface area contributed by atoms with E-state index in [0.29, 0.717) is 6.10 Å². The van der Waals surface area contributed by atoms with Crippen molar-refractivity contribution in [1.82, 2.24) is 4.90 Å². The molecule has 0 saturated heterocycles. The van der Waals surface area contributed by atoms with Crippen molar-refractivity contribution < 1.29 is 4.74 Å². The van der Waals surface area contributed by atoms with Gasteiger partial charge in [0.2, 0.25) is 0 Å². The average molecular weight is 242 g/mol. The zero-order valence-electron chi connectivity index (χ0n) is 11.9. The van der Waals surface area contributed by atoms with Gasteiger partial charge in [-0.25, -0.2) is 0 Å². The van der Waals surface area contributed by atoms with Crippen LogP contribution in [0.1, 0.15) is 51.9 Å². The van der Waals surface area contributed by atoms with E-state index in [4.69, 9.17) is 10.5 Å². The van der Waals surface area contributed by atoms with Gasteiger partial charge in [-0.3, -0.25) is 4.90 Å². The average Bonchev–Trinajstić information content (AvgIpc) is 2.39. The summed E-state index contributed by atoms with van der Waals surface area (Å²) >= 11 is 0. The van der Waals surface area contributed by atoms with E-state index < -0.39 is 0 Å². The SMILES string of the molecule is CCCCCN(C)C1(CN)CCC(OC)CC1. The fourth-order valence-electron chi connectivity index (χ4n) is 2.94. The molecule has 0 aromatic heterocycles. The summed E-state index contributed by atoms with van der Waals surface area (Å²) in [5.41, 5.74) is 6.29. The Kier molecular flexibility index (Phi) is 6.45. The largest absolute Gasteiger partial charge is 0.381 e. The predicted octanol–water partition coefficient (Wildman–Crippen LogP) is 2.39. The molecule has 1 saturated carbocycles. The lowest BCUT2D eigenvalue weighted by Crippen LogP contribution is -2.55. The number of nitrogens with two attached hydrogens (primary N) is 1. The quantitative estimate of drug-likeness (QED) is 0.697. The number of rotatable bonds is 7. The van der Waals surface area contributed by atoms with Gasteiger partial charge in [0.1, 0.15) is 0 Å². The Morgan fingerprint density at radius 1 is 1.29 bits per heavy atom. The van der Waals surface area contributed by atoms with E-state index in [9.17, 15) is 0 Å². The molecule has 0 amide bonds. The van der Waals surface area contributed by atoms with E-state index in [-0.39, 0.29) is 5.54 Å². The molecule has 0 atom stereocenters. The minimum atomic E-state index is 0.239. The van der Waals surface area contributed by atoms with Crippen molar-refractivity contribution in [2.24, 2.45) is 5.73 Å². The minimum Gasteiger partial charge on any atom is -0.381 e. The van der Waals surface area contributed by atoms with Crippen LogP contribution < -0.4 is 5.73 Å². The first-order chi connectivity index (χ1) is 8.18. The Bertz CT molecular complexity index is 200. The van der Waals surface area contributed by atoms with Crippen molar-refractivity contribution in [1.29, 1.82) is 0 Å². The topological polar surface area (TPSA) is 38.5 Å². The van der Waals surface area contributed by atoms with Crippen LogP contribution in [0.25, 0.3) is 0 Å². The maximum absolute atomic E-state index is 6.05. The Morgan fingerprint density at radius 2 is 1.94 bits per heavy atom. The zero-order chi connectivity index (χ0) is 12.7. The van der Waals surface area contributed by atoms with Gasteiger partial charge >= 0.3 is 0 Å². The van der Waals surface area contributed by atoms with Gasteiger partial charge in [-0.15, -0.1) is 0 Å². The van der Waals surface area contributed by atoms with Crippen LogP contribution in [0.5, 0.6) is 0 Å². The number of likely N-dealkylation sites (N-methyl/N-ethyl adjacent to an activating group) is 1. The summed E-state index contributed by atoms with van der Waals surface area (Å²) in [4.78, 5) is 2.51. The number of methoxy groups -OCH3 is 1. The monoisotopic (exact) mass is 242 g/mol. The normalized spacial score (nSPS) is 29.8. The van der Waals surface area contributed by atoms with Gasteiger partial charge in [-0.1, -0.05) is 19.8 Å². The van der Waals surface area contributed by atoms with Crippen molar-refractivity contribution in [3.05, 3.63) is 0 Å². The lowest BCUT2D eigenvalue weighted by atomic mass is 9.79. The highest BCUT2D eigenvalue weighted by Crippen LogP contribution is 2.33. The highest BCUT2D eigenvalue weighted by atomic mass is 16.5. The summed E-state index contributed by atoms with van der Waals surface area (Å²) in [6, 6.07) is 0. The second-order valence-corrected chi connectivity index (χ2v) is 5.49. The maximum atomic E-state index is 6.05. The minimum absolute atomic E-state index is 0.239. The smallest absolute Gasteiger partial charge is 0.0572 e. The molecule has 17 heavy (non-hydrogen) atoms. The van der Waals surface area contributed by atoms with Gasteiger partial charge in [0.05, 0.1) is 6.10 Å². The Hall–Kier alpha value is -0.120. The third kappa shape index (κ3) is 3.94. The number of unbranched alkanes of at least 4 members (excludes halogenated alkanes) is 2. The van der Waals surface area contributed by atoms with Gasteiger partial charge in [0.15, 0.2) is 0 Å².